The molecule has 0 heterocycles. The largest absolute Gasteiger partial charge is 0.750 e. The molecular formula is C4H8NO5S-. The van der Waals surface area contributed by atoms with Gasteiger partial charge >= 0.3 is 0 Å². The number of carbonyl (C=O) groups excluding carboxylic acids is 1. The van der Waals surface area contributed by atoms with Crippen molar-refractivity contribution in [2.24, 2.45) is 5.73 Å². The molecule has 0 aliphatic carbocycles. The van der Waals surface area contributed by atoms with Crippen LogP contribution < -0.4 is 5.73 Å². The van der Waals surface area contributed by atoms with E-state index >= 15 is 0 Å². The molecule has 3 unspecified atom stereocenters. The van der Waals surface area contributed by atoms with Crippen molar-refractivity contribution in [3.8, 4) is 0 Å². The number of aliphatic hydroxyl groups is 1. The summed E-state index contributed by atoms with van der Waals surface area (Å²) in [4.78, 5) is 10.3. The molecule has 0 bridgehead atoms. The zero-order valence-electron chi connectivity index (χ0n) is 5.72. The molecule has 0 radical (unpaired) electrons. The summed E-state index contributed by atoms with van der Waals surface area (Å²) in [5.74, 6) is -1.02. The molecule has 0 fully saturated rings. The van der Waals surface area contributed by atoms with Crippen LogP contribution in [0.25, 0.3) is 0 Å². The van der Waals surface area contributed by atoms with Crippen LogP contribution in [0.3, 0.4) is 0 Å². The lowest BCUT2D eigenvalue weighted by molar-refractivity contribution is -0.128. The molecule has 66 valence electrons. The molecule has 0 saturated heterocycles. The third-order valence-electron chi connectivity index (χ3n) is 0.901. The topological polar surface area (TPSA) is 113 Å². The summed E-state index contributed by atoms with van der Waals surface area (Å²) in [5.41, 5.74) is 4.69. The zero-order chi connectivity index (χ0) is 9.02. The Morgan fingerprint density at radius 2 is 2.27 bits per heavy atom. The van der Waals surface area contributed by atoms with Gasteiger partial charge in [-0.25, -0.2) is 4.21 Å². The Morgan fingerprint density at radius 3 is 2.36 bits per heavy atom. The lowest BCUT2D eigenvalue weighted by Crippen LogP contribution is -2.39. The number of rotatable bonds is 4. The molecule has 0 aliphatic heterocycles. The van der Waals surface area contributed by atoms with Crippen LogP contribution in [0.15, 0.2) is 0 Å². The fraction of sp³-hybridized carbons (Fsp3) is 0.750. The minimum atomic E-state index is -2.85. The maximum atomic E-state index is 10.3. The van der Waals surface area contributed by atoms with Crippen molar-refractivity contribution in [3.05, 3.63) is 0 Å². The first-order valence-corrected chi connectivity index (χ1v) is 3.69. The average molecular weight is 182 g/mol. The summed E-state index contributed by atoms with van der Waals surface area (Å²) in [7, 11) is 0. The van der Waals surface area contributed by atoms with E-state index in [1.54, 1.807) is 0 Å². The summed E-state index contributed by atoms with van der Waals surface area (Å²) in [6.45, 7) is 1.20. The molecule has 3 N–H and O–H groups in total. The van der Waals surface area contributed by atoms with Gasteiger partial charge in [0, 0.05) is 0 Å². The molecule has 11 heavy (non-hydrogen) atoms. The Hall–Kier alpha value is -0.500. The van der Waals surface area contributed by atoms with E-state index < -0.39 is 29.5 Å². The monoisotopic (exact) mass is 182 g/mol. The van der Waals surface area contributed by atoms with E-state index in [1.807, 2.05) is 0 Å². The number of aliphatic hydroxyl groups excluding tert-OH is 1. The van der Waals surface area contributed by atoms with E-state index in [-0.39, 0.29) is 0 Å². The smallest absolute Gasteiger partial charge is 0.250 e. The van der Waals surface area contributed by atoms with Crippen molar-refractivity contribution in [2.75, 3.05) is 0 Å². The molecule has 0 aromatic rings. The van der Waals surface area contributed by atoms with Gasteiger partial charge in [0.2, 0.25) is 0 Å². The number of primary amides is 1. The van der Waals surface area contributed by atoms with Gasteiger partial charge in [-0.3, -0.25) is 8.98 Å². The van der Waals surface area contributed by atoms with Crippen LogP contribution in [0.2, 0.25) is 0 Å². The van der Waals surface area contributed by atoms with E-state index in [2.05, 4.69) is 9.92 Å². The van der Waals surface area contributed by atoms with Crippen LogP contribution in [0.5, 0.6) is 0 Å². The van der Waals surface area contributed by atoms with Crippen LogP contribution >= 0.6 is 0 Å². The molecule has 0 aromatic carbocycles. The first kappa shape index (κ1) is 10.5. The van der Waals surface area contributed by atoms with Crippen molar-refractivity contribution in [2.45, 2.75) is 19.1 Å². The summed E-state index contributed by atoms with van der Waals surface area (Å²) < 4.78 is 23.7. The fourth-order valence-electron chi connectivity index (χ4n) is 0.450. The molecule has 7 heteroatoms. The molecule has 6 nitrogen and oxygen atoms in total. The summed E-state index contributed by atoms with van der Waals surface area (Å²) >= 11 is -2.85. The van der Waals surface area contributed by atoms with Gasteiger partial charge in [0.25, 0.3) is 5.91 Å². The molecule has 0 rings (SSSR count). The standard InChI is InChI=1S/C4H9NO5S/c1-2(6)3(4(5)7)10-11(8)9/h2-3,6H,1H3,(H2,5,7)(H,8,9)/p-1. The predicted octanol–water partition coefficient (Wildman–Crippen LogP) is -1.97. The molecule has 0 saturated carbocycles. The van der Waals surface area contributed by atoms with E-state index in [9.17, 15) is 13.6 Å². The second-order valence-electron chi connectivity index (χ2n) is 1.86. The molecule has 1 amide bonds. The third-order valence-corrected chi connectivity index (χ3v) is 1.27. The minimum Gasteiger partial charge on any atom is -0.750 e. The highest BCUT2D eigenvalue weighted by atomic mass is 32.2. The van der Waals surface area contributed by atoms with Crippen molar-refractivity contribution >= 4 is 17.3 Å². The molecule has 0 aliphatic rings. The lowest BCUT2D eigenvalue weighted by atomic mass is 10.2. The quantitative estimate of drug-likeness (QED) is 0.490. The normalized spacial score (nSPS) is 18.8. The van der Waals surface area contributed by atoms with Crippen LogP contribution in [0, 0.1) is 0 Å². The molecule has 3 atom stereocenters. The van der Waals surface area contributed by atoms with Crippen LogP contribution in [-0.2, 0) is 20.3 Å². The first-order valence-electron chi connectivity index (χ1n) is 2.69. The van der Waals surface area contributed by atoms with Crippen molar-refractivity contribution < 1.29 is 22.8 Å². The molecule has 0 spiro atoms. The third kappa shape index (κ3) is 4.04. The van der Waals surface area contributed by atoms with E-state index in [1.165, 1.54) is 6.92 Å². The SMILES string of the molecule is CC(O)C(OS(=O)[O-])C(N)=O. The number of amides is 1. The Balaban J connectivity index is 4.12. The maximum absolute atomic E-state index is 10.3. The van der Waals surface area contributed by atoms with Gasteiger partial charge < -0.3 is 15.4 Å². The lowest BCUT2D eigenvalue weighted by Gasteiger charge is -2.17. The second-order valence-corrected chi connectivity index (χ2v) is 2.46. The highest BCUT2D eigenvalue weighted by Gasteiger charge is 2.22. The number of hydrogen-bond acceptors (Lipinski definition) is 5. The van der Waals surface area contributed by atoms with Gasteiger partial charge in [0.15, 0.2) is 6.10 Å². The minimum absolute atomic E-state index is 1.02. The van der Waals surface area contributed by atoms with Gasteiger partial charge in [-0.15, -0.1) is 0 Å². The van der Waals surface area contributed by atoms with Gasteiger partial charge in [-0.2, -0.15) is 0 Å². The Kier molecular flexibility index (Phi) is 4.19. The van der Waals surface area contributed by atoms with E-state index in [0.29, 0.717) is 0 Å². The van der Waals surface area contributed by atoms with Crippen molar-refractivity contribution in [3.63, 3.8) is 0 Å². The zero-order valence-corrected chi connectivity index (χ0v) is 6.54. The highest BCUT2D eigenvalue weighted by molar-refractivity contribution is 7.74. The van der Waals surface area contributed by atoms with Crippen LogP contribution in [-0.4, -0.2) is 32.0 Å². The van der Waals surface area contributed by atoms with E-state index in [4.69, 9.17) is 5.11 Å². The number of carbonyl (C=O) groups is 1. The maximum Gasteiger partial charge on any atom is 0.250 e. The summed E-state index contributed by atoms with van der Waals surface area (Å²) in [6.07, 6.45) is -2.75. The van der Waals surface area contributed by atoms with E-state index in [0.717, 1.165) is 0 Å². The van der Waals surface area contributed by atoms with Gasteiger partial charge in [-0.05, 0) is 6.92 Å². The Morgan fingerprint density at radius 1 is 1.82 bits per heavy atom. The average Bonchev–Trinajstić information content (AvgIpc) is 1.81. The summed E-state index contributed by atoms with van der Waals surface area (Å²) in [5, 5.41) is 8.73. The number of hydrogen-bond donors (Lipinski definition) is 2. The summed E-state index contributed by atoms with van der Waals surface area (Å²) in [6, 6.07) is 0. The highest BCUT2D eigenvalue weighted by Crippen LogP contribution is 1.99. The second kappa shape index (κ2) is 4.39. The Labute approximate surface area is 65.8 Å². The predicted molar refractivity (Wildman–Crippen MR) is 34.7 cm³/mol. The van der Waals surface area contributed by atoms with Gasteiger partial charge in [-0.1, -0.05) is 0 Å². The fourth-order valence-corrected chi connectivity index (χ4v) is 0.875. The van der Waals surface area contributed by atoms with Crippen molar-refractivity contribution in [1.82, 2.24) is 0 Å². The van der Waals surface area contributed by atoms with Crippen molar-refractivity contribution in [1.29, 1.82) is 0 Å². The van der Waals surface area contributed by atoms with Crippen LogP contribution in [0.4, 0.5) is 0 Å². The van der Waals surface area contributed by atoms with Crippen LogP contribution in [0.1, 0.15) is 6.92 Å². The first-order chi connectivity index (χ1) is 4.95. The number of nitrogens with two attached hydrogens (primary N) is 1. The Bertz CT molecular complexity index is 170. The van der Waals surface area contributed by atoms with Gasteiger partial charge in [0.05, 0.1) is 17.5 Å². The molecular weight excluding hydrogens is 174 g/mol. The van der Waals surface area contributed by atoms with Gasteiger partial charge in [0.1, 0.15) is 0 Å². The molecule has 0 aromatic heterocycles.